The van der Waals surface area contributed by atoms with Gasteiger partial charge >= 0.3 is 0 Å². The van der Waals surface area contributed by atoms with Crippen molar-refractivity contribution in [3.8, 4) is 17.5 Å². The fourth-order valence-electron chi connectivity index (χ4n) is 1.52. The molecule has 0 radical (unpaired) electrons. The van der Waals surface area contributed by atoms with Crippen LogP contribution in [-0.2, 0) is 0 Å². The Kier molecular flexibility index (Phi) is 3.78. The van der Waals surface area contributed by atoms with E-state index < -0.39 is 0 Å². The molecule has 1 aromatic heterocycles. The van der Waals surface area contributed by atoms with Gasteiger partial charge in [-0.25, -0.2) is 0 Å². The predicted molar refractivity (Wildman–Crippen MR) is 71.3 cm³/mol. The summed E-state index contributed by atoms with van der Waals surface area (Å²) >= 11 is 0. The number of aromatic nitrogens is 3. The molecule has 0 aliphatic carbocycles. The van der Waals surface area contributed by atoms with Crippen molar-refractivity contribution in [2.75, 3.05) is 19.0 Å². The van der Waals surface area contributed by atoms with Crippen LogP contribution in [0.3, 0.4) is 0 Å². The number of methoxy groups -OCH3 is 1. The summed E-state index contributed by atoms with van der Waals surface area (Å²) in [7, 11) is 1.59. The van der Waals surface area contributed by atoms with Crippen LogP contribution in [0.25, 0.3) is 5.69 Å². The van der Waals surface area contributed by atoms with Crippen molar-refractivity contribution in [3.05, 3.63) is 42.6 Å². The summed E-state index contributed by atoms with van der Waals surface area (Å²) < 4.78 is 5.14. The van der Waals surface area contributed by atoms with Crippen LogP contribution >= 0.6 is 0 Å². The lowest BCUT2D eigenvalue weighted by Gasteiger charge is -2.02. The molecule has 0 aliphatic rings. The number of hydrogen-bond donors (Lipinski definition) is 1. The molecule has 0 unspecified atom stereocenters. The number of hydrogen-bond acceptors (Lipinski definition) is 5. The maximum absolute atomic E-state index is 9.02. The zero-order valence-electron chi connectivity index (χ0n) is 10.5. The Labute approximate surface area is 110 Å². The lowest BCUT2D eigenvalue weighted by Crippen LogP contribution is -2.02. The van der Waals surface area contributed by atoms with Crippen LogP contribution in [0.1, 0.15) is 5.69 Å². The quantitative estimate of drug-likeness (QED) is 0.824. The van der Waals surface area contributed by atoms with Gasteiger partial charge in [0.15, 0.2) is 5.82 Å². The molecule has 96 valence electrons. The van der Waals surface area contributed by atoms with Gasteiger partial charge in [-0.05, 0) is 12.1 Å². The fourth-order valence-corrected chi connectivity index (χ4v) is 1.52. The van der Waals surface area contributed by atoms with Gasteiger partial charge < -0.3 is 10.1 Å². The third-order valence-corrected chi connectivity index (χ3v) is 2.42. The van der Waals surface area contributed by atoms with Crippen molar-refractivity contribution >= 4 is 5.82 Å². The highest BCUT2D eigenvalue weighted by Crippen LogP contribution is 2.17. The van der Waals surface area contributed by atoms with Gasteiger partial charge in [-0.3, -0.25) is 0 Å². The molecule has 6 nitrogen and oxygen atoms in total. The van der Waals surface area contributed by atoms with E-state index in [1.54, 1.807) is 19.3 Å². The first-order valence-corrected chi connectivity index (χ1v) is 5.65. The van der Waals surface area contributed by atoms with Crippen LogP contribution in [0.4, 0.5) is 5.82 Å². The van der Waals surface area contributed by atoms with Gasteiger partial charge in [0, 0.05) is 12.6 Å². The monoisotopic (exact) mass is 255 g/mol. The van der Waals surface area contributed by atoms with Gasteiger partial charge in [0.05, 0.1) is 12.8 Å². The standard InChI is InChI=1S/C13H13N5O/c1-3-7-15-13-12(9-14)16-18(17-13)10-5-4-6-11(8-10)19-2/h3-6,8H,1,7H2,2H3,(H,15,17). The molecule has 2 rings (SSSR count). The number of rotatable bonds is 5. The van der Waals surface area contributed by atoms with Crippen molar-refractivity contribution in [2.45, 2.75) is 0 Å². The Morgan fingerprint density at radius 3 is 3.05 bits per heavy atom. The Morgan fingerprint density at radius 2 is 2.37 bits per heavy atom. The summed E-state index contributed by atoms with van der Waals surface area (Å²) in [5, 5.41) is 20.3. The highest BCUT2D eigenvalue weighted by molar-refractivity contribution is 5.48. The first kappa shape index (κ1) is 12.6. The summed E-state index contributed by atoms with van der Waals surface area (Å²) in [6, 6.07) is 9.29. The molecule has 0 saturated carbocycles. The number of anilines is 1. The molecule has 1 aromatic carbocycles. The molecule has 0 bridgehead atoms. The molecule has 0 amide bonds. The van der Waals surface area contributed by atoms with Crippen LogP contribution < -0.4 is 10.1 Å². The first-order chi connectivity index (χ1) is 9.28. The highest BCUT2D eigenvalue weighted by Gasteiger charge is 2.11. The first-order valence-electron chi connectivity index (χ1n) is 5.65. The summed E-state index contributed by atoms with van der Waals surface area (Å²) in [6.45, 7) is 4.12. The summed E-state index contributed by atoms with van der Waals surface area (Å²) in [5.74, 6) is 1.14. The van der Waals surface area contributed by atoms with E-state index in [4.69, 9.17) is 10.00 Å². The van der Waals surface area contributed by atoms with Gasteiger partial charge in [0.25, 0.3) is 0 Å². The minimum absolute atomic E-state index is 0.240. The van der Waals surface area contributed by atoms with Gasteiger partial charge in [-0.1, -0.05) is 12.1 Å². The second kappa shape index (κ2) is 5.69. The van der Waals surface area contributed by atoms with Gasteiger partial charge in [0.1, 0.15) is 11.8 Å². The van der Waals surface area contributed by atoms with E-state index in [-0.39, 0.29) is 5.69 Å². The number of nitrogens with one attached hydrogen (secondary N) is 1. The molecule has 2 aromatic rings. The van der Waals surface area contributed by atoms with Crippen LogP contribution in [-0.4, -0.2) is 28.6 Å². The van der Waals surface area contributed by atoms with E-state index in [0.717, 1.165) is 5.69 Å². The summed E-state index contributed by atoms with van der Waals surface area (Å²) in [5.41, 5.74) is 0.965. The van der Waals surface area contributed by atoms with E-state index in [9.17, 15) is 0 Å². The molecule has 0 atom stereocenters. The Balaban J connectivity index is 2.37. The number of ether oxygens (including phenoxy) is 1. The molecule has 0 fully saturated rings. The third-order valence-electron chi connectivity index (χ3n) is 2.42. The Morgan fingerprint density at radius 1 is 1.53 bits per heavy atom. The second-order valence-electron chi connectivity index (χ2n) is 3.67. The molecule has 0 spiro atoms. The minimum Gasteiger partial charge on any atom is -0.497 e. The molecular weight excluding hydrogens is 242 g/mol. The topological polar surface area (TPSA) is 75.8 Å². The number of nitrogens with zero attached hydrogens (tertiary/aromatic N) is 4. The molecule has 19 heavy (non-hydrogen) atoms. The van der Waals surface area contributed by atoms with Crippen LogP contribution in [0.2, 0.25) is 0 Å². The smallest absolute Gasteiger partial charge is 0.207 e. The largest absolute Gasteiger partial charge is 0.497 e. The maximum atomic E-state index is 9.02. The summed E-state index contributed by atoms with van der Waals surface area (Å²) in [6.07, 6.45) is 1.69. The predicted octanol–water partition coefficient (Wildman–Crippen LogP) is 1.75. The second-order valence-corrected chi connectivity index (χ2v) is 3.67. The van der Waals surface area contributed by atoms with E-state index in [0.29, 0.717) is 18.1 Å². The number of nitriles is 1. The normalized spacial score (nSPS) is 9.68. The Bertz CT molecular complexity index is 626. The van der Waals surface area contributed by atoms with Crippen LogP contribution in [0, 0.1) is 11.3 Å². The van der Waals surface area contributed by atoms with Gasteiger partial charge in [-0.15, -0.1) is 21.6 Å². The Hall–Kier alpha value is -2.81. The van der Waals surface area contributed by atoms with Crippen molar-refractivity contribution in [3.63, 3.8) is 0 Å². The average molecular weight is 255 g/mol. The molecule has 1 N–H and O–H groups in total. The van der Waals surface area contributed by atoms with Crippen molar-refractivity contribution < 1.29 is 4.74 Å². The van der Waals surface area contributed by atoms with E-state index in [1.165, 1.54) is 4.80 Å². The average Bonchev–Trinajstić information content (AvgIpc) is 2.88. The molecule has 0 aliphatic heterocycles. The number of benzene rings is 1. The highest BCUT2D eigenvalue weighted by atomic mass is 16.5. The van der Waals surface area contributed by atoms with Crippen LogP contribution in [0.15, 0.2) is 36.9 Å². The van der Waals surface area contributed by atoms with Gasteiger partial charge in [-0.2, -0.15) is 5.26 Å². The lowest BCUT2D eigenvalue weighted by molar-refractivity contribution is 0.414. The zero-order valence-corrected chi connectivity index (χ0v) is 10.5. The molecule has 6 heteroatoms. The SMILES string of the molecule is C=CCNc1nn(-c2cccc(OC)c2)nc1C#N. The third kappa shape index (κ3) is 2.72. The minimum atomic E-state index is 0.240. The van der Waals surface area contributed by atoms with E-state index in [1.807, 2.05) is 24.3 Å². The van der Waals surface area contributed by atoms with E-state index in [2.05, 4.69) is 22.1 Å². The molecule has 1 heterocycles. The maximum Gasteiger partial charge on any atom is 0.207 e. The fraction of sp³-hybridized carbons (Fsp3) is 0.154. The molecule has 0 saturated heterocycles. The lowest BCUT2D eigenvalue weighted by atomic mass is 10.3. The van der Waals surface area contributed by atoms with Crippen molar-refractivity contribution in [2.24, 2.45) is 0 Å². The van der Waals surface area contributed by atoms with Crippen molar-refractivity contribution in [1.82, 2.24) is 15.0 Å². The summed E-state index contributed by atoms with van der Waals surface area (Å²) in [4.78, 5) is 1.40. The zero-order chi connectivity index (χ0) is 13.7. The van der Waals surface area contributed by atoms with Gasteiger partial charge in [0.2, 0.25) is 5.69 Å². The van der Waals surface area contributed by atoms with E-state index >= 15 is 0 Å². The van der Waals surface area contributed by atoms with Crippen LogP contribution in [0.5, 0.6) is 5.75 Å². The van der Waals surface area contributed by atoms with Crippen molar-refractivity contribution in [1.29, 1.82) is 5.26 Å². The molecular formula is C13H13N5O.